The molecule has 0 spiro atoms. The number of hydrogen-bond donors (Lipinski definition) is 1. The highest BCUT2D eigenvalue weighted by Crippen LogP contribution is 2.18. The van der Waals surface area contributed by atoms with E-state index in [0.717, 1.165) is 31.9 Å². The van der Waals surface area contributed by atoms with Gasteiger partial charge in [-0.3, -0.25) is 9.69 Å². The van der Waals surface area contributed by atoms with Gasteiger partial charge in [0.1, 0.15) is 5.82 Å². The van der Waals surface area contributed by atoms with Crippen LogP contribution in [0, 0.1) is 0 Å². The minimum Gasteiger partial charge on any atom is -0.310 e. The summed E-state index contributed by atoms with van der Waals surface area (Å²) < 4.78 is 1.89. The first-order chi connectivity index (χ1) is 10.4. The van der Waals surface area contributed by atoms with Crippen molar-refractivity contribution in [3.8, 4) is 0 Å². The first-order valence-corrected chi connectivity index (χ1v) is 8.22. The topological polar surface area (TPSA) is 53.4 Å². The van der Waals surface area contributed by atoms with Gasteiger partial charge in [0.2, 0.25) is 5.91 Å². The van der Waals surface area contributed by atoms with Crippen LogP contribution in [0.5, 0.6) is 0 Å². The highest BCUT2D eigenvalue weighted by atomic mass is 16.2. The van der Waals surface area contributed by atoms with Gasteiger partial charge in [0.25, 0.3) is 0 Å². The molecule has 0 aliphatic carbocycles. The molecule has 3 unspecified atom stereocenters. The molecular formula is C16H29N5O. The fourth-order valence-electron chi connectivity index (χ4n) is 3.05. The van der Waals surface area contributed by atoms with Gasteiger partial charge in [0.05, 0.1) is 18.3 Å². The van der Waals surface area contributed by atoms with Gasteiger partial charge in [0.15, 0.2) is 0 Å². The van der Waals surface area contributed by atoms with Crippen molar-refractivity contribution >= 4 is 11.7 Å². The van der Waals surface area contributed by atoms with E-state index in [1.165, 1.54) is 0 Å². The lowest BCUT2D eigenvalue weighted by atomic mass is 10.1. The summed E-state index contributed by atoms with van der Waals surface area (Å²) in [6.07, 6.45) is 2.72. The van der Waals surface area contributed by atoms with Crippen LogP contribution in [0.25, 0.3) is 0 Å². The largest absolute Gasteiger partial charge is 0.310 e. The van der Waals surface area contributed by atoms with Gasteiger partial charge < -0.3 is 10.2 Å². The van der Waals surface area contributed by atoms with E-state index in [0.29, 0.717) is 6.04 Å². The number of carbonyl (C=O) groups is 1. The van der Waals surface area contributed by atoms with Gasteiger partial charge in [-0.05, 0) is 34.2 Å². The van der Waals surface area contributed by atoms with Crippen LogP contribution in [0.3, 0.4) is 0 Å². The fourth-order valence-corrected chi connectivity index (χ4v) is 3.05. The van der Waals surface area contributed by atoms with Gasteiger partial charge >= 0.3 is 0 Å². The molecule has 22 heavy (non-hydrogen) atoms. The molecule has 6 heteroatoms. The van der Waals surface area contributed by atoms with Crippen LogP contribution < -0.4 is 5.32 Å². The monoisotopic (exact) mass is 307 g/mol. The minimum absolute atomic E-state index is 0.0430. The Bertz CT molecular complexity index is 500. The number of carbonyl (C=O) groups excluding carboxylic acids is 1. The number of piperazine rings is 1. The van der Waals surface area contributed by atoms with E-state index in [1.54, 1.807) is 6.20 Å². The zero-order valence-corrected chi connectivity index (χ0v) is 14.4. The second-order valence-electron chi connectivity index (χ2n) is 6.43. The standard InChI is InChI=1S/C16H29N5O/c1-6-12(2)21-15(7-8-17-21)18-16(22)14(4)20-10-9-19(5)11-13(20)3/h7-8,12-14H,6,9-11H2,1-5H3,(H,18,22). The summed E-state index contributed by atoms with van der Waals surface area (Å²) in [5, 5.41) is 7.36. The summed E-state index contributed by atoms with van der Waals surface area (Å²) in [6.45, 7) is 11.3. The molecule has 1 saturated heterocycles. The number of nitrogens with zero attached hydrogens (tertiary/aromatic N) is 4. The zero-order valence-electron chi connectivity index (χ0n) is 14.4. The molecular weight excluding hydrogens is 278 g/mol. The molecule has 1 fully saturated rings. The molecule has 1 aliphatic heterocycles. The van der Waals surface area contributed by atoms with Crippen LogP contribution in [0.4, 0.5) is 5.82 Å². The number of rotatable bonds is 5. The molecule has 2 heterocycles. The van der Waals surface area contributed by atoms with Crippen LogP contribution in [0.1, 0.15) is 40.2 Å². The van der Waals surface area contributed by atoms with Gasteiger partial charge in [-0.2, -0.15) is 5.10 Å². The lowest BCUT2D eigenvalue weighted by molar-refractivity contribution is -0.122. The summed E-state index contributed by atoms with van der Waals surface area (Å²) >= 11 is 0. The van der Waals surface area contributed by atoms with Crippen molar-refractivity contribution in [2.75, 3.05) is 32.0 Å². The summed E-state index contributed by atoms with van der Waals surface area (Å²) in [7, 11) is 2.13. The van der Waals surface area contributed by atoms with E-state index in [2.05, 4.69) is 48.0 Å². The van der Waals surface area contributed by atoms with E-state index >= 15 is 0 Å². The van der Waals surface area contributed by atoms with E-state index in [4.69, 9.17) is 0 Å². The van der Waals surface area contributed by atoms with Gasteiger partial charge in [-0.25, -0.2) is 4.68 Å². The highest BCUT2D eigenvalue weighted by Gasteiger charge is 2.29. The molecule has 0 bridgehead atoms. The Hall–Kier alpha value is -1.40. The Morgan fingerprint density at radius 2 is 2.18 bits per heavy atom. The summed E-state index contributed by atoms with van der Waals surface area (Å²) in [5.74, 6) is 0.828. The first-order valence-electron chi connectivity index (χ1n) is 8.22. The number of anilines is 1. The van der Waals surface area contributed by atoms with E-state index in [1.807, 2.05) is 17.7 Å². The molecule has 1 aliphatic rings. The lowest BCUT2D eigenvalue weighted by Crippen LogP contribution is -2.56. The maximum atomic E-state index is 12.6. The van der Waals surface area contributed by atoms with Crippen molar-refractivity contribution in [1.82, 2.24) is 19.6 Å². The summed E-state index contributed by atoms with van der Waals surface area (Å²) in [4.78, 5) is 17.2. The summed E-state index contributed by atoms with van der Waals surface area (Å²) in [5.41, 5.74) is 0. The third-order valence-electron chi connectivity index (χ3n) is 4.69. The molecule has 0 radical (unpaired) electrons. The smallest absolute Gasteiger partial charge is 0.242 e. The Balaban J connectivity index is 2.01. The average molecular weight is 307 g/mol. The fraction of sp³-hybridized carbons (Fsp3) is 0.750. The van der Waals surface area contributed by atoms with Crippen molar-refractivity contribution in [2.45, 2.75) is 52.2 Å². The molecule has 0 aromatic carbocycles. The van der Waals surface area contributed by atoms with Crippen LogP contribution in [0.15, 0.2) is 12.3 Å². The minimum atomic E-state index is -0.135. The Kier molecular flexibility index (Phi) is 5.58. The van der Waals surface area contributed by atoms with Gasteiger partial charge in [-0.15, -0.1) is 0 Å². The maximum absolute atomic E-state index is 12.6. The number of aromatic nitrogens is 2. The predicted molar refractivity (Wildman–Crippen MR) is 89.0 cm³/mol. The average Bonchev–Trinajstić information content (AvgIpc) is 2.94. The second-order valence-corrected chi connectivity index (χ2v) is 6.43. The second kappa shape index (κ2) is 7.24. The van der Waals surface area contributed by atoms with Crippen molar-refractivity contribution in [3.63, 3.8) is 0 Å². The molecule has 1 N–H and O–H groups in total. The third kappa shape index (κ3) is 3.67. The van der Waals surface area contributed by atoms with E-state index < -0.39 is 0 Å². The molecule has 2 rings (SSSR count). The maximum Gasteiger partial charge on any atom is 0.242 e. The van der Waals surface area contributed by atoms with Crippen molar-refractivity contribution in [1.29, 1.82) is 0 Å². The van der Waals surface area contributed by atoms with Crippen molar-refractivity contribution in [2.24, 2.45) is 0 Å². The van der Waals surface area contributed by atoms with E-state index in [9.17, 15) is 4.79 Å². The van der Waals surface area contributed by atoms with Gasteiger partial charge in [0, 0.05) is 31.7 Å². The zero-order chi connectivity index (χ0) is 16.3. The Morgan fingerprint density at radius 3 is 2.82 bits per heavy atom. The molecule has 0 saturated carbocycles. The van der Waals surface area contributed by atoms with Crippen LogP contribution >= 0.6 is 0 Å². The SMILES string of the molecule is CCC(C)n1nccc1NC(=O)C(C)N1CCN(C)CC1C. The van der Waals surface area contributed by atoms with Crippen molar-refractivity contribution in [3.05, 3.63) is 12.3 Å². The molecule has 1 amide bonds. The normalized spacial score (nSPS) is 23.2. The van der Waals surface area contributed by atoms with E-state index in [-0.39, 0.29) is 18.0 Å². The quantitative estimate of drug-likeness (QED) is 0.901. The van der Waals surface area contributed by atoms with Gasteiger partial charge in [-0.1, -0.05) is 6.92 Å². The molecule has 1 aromatic rings. The van der Waals surface area contributed by atoms with Crippen LogP contribution in [-0.2, 0) is 4.79 Å². The first kappa shape index (κ1) is 17.0. The molecule has 3 atom stereocenters. The van der Waals surface area contributed by atoms with Crippen LogP contribution in [-0.4, -0.2) is 64.3 Å². The number of nitrogens with one attached hydrogen (secondary N) is 1. The highest BCUT2D eigenvalue weighted by molar-refractivity contribution is 5.93. The molecule has 6 nitrogen and oxygen atoms in total. The Labute approximate surface area is 133 Å². The lowest BCUT2D eigenvalue weighted by Gasteiger charge is -2.41. The molecule has 124 valence electrons. The predicted octanol–water partition coefficient (Wildman–Crippen LogP) is 1.82. The number of likely N-dealkylation sites (N-methyl/N-ethyl adjacent to an activating group) is 1. The van der Waals surface area contributed by atoms with Crippen molar-refractivity contribution < 1.29 is 4.79 Å². The number of amides is 1. The number of hydrogen-bond acceptors (Lipinski definition) is 4. The third-order valence-corrected chi connectivity index (χ3v) is 4.69. The summed E-state index contributed by atoms with van der Waals surface area (Å²) in [6, 6.07) is 2.40. The van der Waals surface area contributed by atoms with Crippen LogP contribution in [0.2, 0.25) is 0 Å². The Morgan fingerprint density at radius 1 is 1.45 bits per heavy atom. The molecule has 1 aromatic heterocycles.